The van der Waals surface area contributed by atoms with Crippen LogP contribution in [0, 0.1) is 11.8 Å². The van der Waals surface area contributed by atoms with Crippen LogP contribution < -0.4 is 11.1 Å². The first-order valence-corrected chi connectivity index (χ1v) is 7.56. The van der Waals surface area contributed by atoms with Gasteiger partial charge in [-0.2, -0.15) is 0 Å². The number of amides is 1. The lowest BCUT2D eigenvalue weighted by atomic mass is 9.96. The highest BCUT2D eigenvalue weighted by Gasteiger charge is 2.21. The maximum atomic E-state index is 12.2. The quantitative estimate of drug-likeness (QED) is 0.838. The maximum Gasteiger partial charge on any atom is 0.224 e. The molecule has 1 aromatic carbocycles. The summed E-state index contributed by atoms with van der Waals surface area (Å²) in [6.07, 6.45) is 0.781. The molecule has 0 aliphatic heterocycles. The Morgan fingerprint density at radius 3 is 2.45 bits per heavy atom. The fourth-order valence-electron chi connectivity index (χ4n) is 2.14. The fourth-order valence-corrected chi connectivity index (χ4v) is 2.71. The first kappa shape index (κ1) is 17.3. The van der Waals surface area contributed by atoms with E-state index in [1.807, 2.05) is 13.0 Å². The van der Waals surface area contributed by atoms with E-state index in [9.17, 15) is 4.79 Å². The molecule has 20 heavy (non-hydrogen) atoms. The Kier molecular flexibility index (Phi) is 6.80. The molecule has 112 valence electrons. The second-order valence-electron chi connectivity index (χ2n) is 5.46. The molecular weight excluding hydrogens is 295 g/mol. The molecule has 0 saturated carbocycles. The van der Waals surface area contributed by atoms with E-state index < -0.39 is 0 Å². The molecule has 0 aromatic heterocycles. The molecule has 0 heterocycles. The van der Waals surface area contributed by atoms with Crippen molar-refractivity contribution in [3.63, 3.8) is 0 Å². The lowest BCUT2D eigenvalue weighted by Crippen LogP contribution is -2.37. The van der Waals surface area contributed by atoms with Crippen molar-refractivity contribution in [2.75, 3.05) is 6.54 Å². The summed E-state index contributed by atoms with van der Waals surface area (Å²) < 4.78 is 0. The van der Waals surface area contributed by atoms with Gasteiger partial charge in [0.15, 0.2) is 0 Å². The topological polar surface area (TPSA) is 55.1 Å². The Labute approximate surface area is 130 Å². The summed E-state index contributed by atoms with van der Waals surface area (Å²) in [6.45, 7) is 6.41. The minimum absolute atomic E-state index is 0.0280. The Morgan fingerprint density at radius 1 is 1.30 bits per heavy atom. The van der Waals surface area contributed by atoms with Crippen LogP contribution in [0.5, 0.6) is 0 Å². The van der Waals surface area contributed by atoms with Crippen LogP contribution in [-0.4, -0.2) is 12.5 Å². The summed E-state index contributed by atoms with van der Waals surface area (Å²) in [5.74, 6) is 0.243. The summed E-state index contributed by atoms with van der Waals surface area (Å²) in [4.78, 5) is 12.2. The minimum atomic E-state index is -0.173. The first-order chi connectivity index (χ1) is 9.35. The van der Waals surface area contributed by atoms with E-state index in [4.69, 9.17) is 28.9 Å². The average Bonchev–Trinajstić information content (AvgIpc) is 2.35. The molecule has 1 aromatic rings. The average molecular weight is 317 g/mol. The maximum absolute atomic E-state index is 12.2. The highest BCUT2D eigenvalue weighted by molar-refractivity contribution is 6.35. The van der Waals surface area contributed by atoms with Crippen molar-refractivity contribution < 1.29 is 4.79 Å². The van der Waals surface area contributed by atoms with E-state index in [2.05, 4.69) is 19.2 Å². The summed E-state index contributed by atoms with van der Waals surface area (Å²) in [6, 6.07) is 5.10. The third-order valence-corrected chi connectivity index (χ3v) is 3.76. The molecular formula is C15H22Cl2N2O. The van der Waals surface area contributed by atoms with E-state index in [-0.39, 0.29) is 17.9 Å². The summed E-state index contributed by atoms with van der Waals surface area (Å²) in [7, 11) is 0. The normalized spacial score (nSPS) is 14.2. The van der Waals surface area contributed by atoms with E-state index in [0.717, 1.165) is 12.0 Å². The van der Waals surface area contributed by atoms with Gasteiger partial charge in [0.2, 0.25) is 5.91 Å². The van der Waals surface area contributed by atoms with Crippen LogP contribution in [-0.2, 0) is 4.79 Å². The highest BCUT2D eigenvalue weighted by atomic mass is 35.5. The van der Waals surface area contributed by atoms with Gasteiger partial charge in [-0.1, -0.05) is 43.1 Å². The van der Waals surface area contributed by atoms with Crippen LogP contribution in [0.2, 0.25) is 10.0 Å². The van der Waals surface area contributed by atoms with Crippen LogP contribution in [0.15, 0.2) is 18.2 Å². The van der Waals surface area contributed by atoms with Gasteiger partial charge in [-0.05, 0) is 37.0 Å². The van der Waals surface area contributed by atoms with Crippen LogP contribution in [0.4, 0.5) is 0 Å². The second kappa shape index (κ2) is 7.87. The highest BCUT2D eigenvalue weighted by Crippen LogP contribution is 2.26. The number of nitrogens with two attached hydrogens (primary N) is 1. The van der Waals surface area contributed by atoms with Gasteiger partial charge in [-0.3, -0.25) is 4.79 Å². The third kappa shape index (κ3) is 4.97. The molecule has 0 unspecified atom stereocenters. The van der Waals surface area contributed by atoms with Crippen LogP contribution in [0.3, 0.4) is 0 Å². The molecule has 5 heteroatoms. The summed E-state index contributed by atoms with van der Waals surface area (Å²) in [5.41, 5.74) is 6.53. The van der Waals surface area contributed by atoms with Crippen LogP contribution in [0.1, 0.15) is 38.8 Å². The lowest BCUT2D eigenvalue weighted by Gasteiger charge is -2.21. The van der Waals surface area contributed by atoms with Crippen molar-refractivity contribution >= 4 is 29.1 Å². The van der Waals surface area contributed by atoms with Gasteiger partial charge < -0.3 is 11.1 Å². The lowest BCUT2D eigenvalue weighted by molar-refractivity contribution is -0.125. The number of hydrogen-bond acceptors (Lipinski definition) is 2. The van der Waals surface area contributed by atoms with E-state index in [1.54, 1.807) is 12.1 Å². The van der Waals surface area contributed by atoms with Crippen molar-refractivity contribution in [1.82, 2.24) is 5.32 Å². The zero-order valence-corrected chi connectivity index (χ0v) is 13.6. The van der Waals surface area contributed by atoms with Crippen LogP contribution >= 0.6 is 23.2 Å². The van der Waals surface area contributed by atoms with Crippen molar-refractivity contribution in [1.29, 1.82) is 0 Å². The zero-order chi connectivity index (χ0) is 15.3. The number of halogens is 2. The molecule has 3 N–H and O–H groups in total. The van der Waals surface area contributed by atoms with Gasteiger partial charge in [0, 0.05) is 16.6 Å². The largest absolute Gasteiger partial charge is 0.349 e. The molecule has 0 spiro atoms. The molecule has 0 radical (unpaired) electrons. The summed E-state index contributed by atoms with van der Waals surface area (Å²) >= 11 is 12.0. The van der Waals surface area contributed by atoms with Crippen molar-refractivity contribution in [3.05, 3.63) is 33.8 Å². The standard InChI is InChI=1S/C15H22Cl2N2O/c1-9(2)6-11(8-18)15(20)19-10(3)13-5-4-12(16)7-14(13)17/h4-5,7,9-11H,6,8,18H2,1-3H3,(H,19,20)/t10-,11+/m1/s1. The van der Waals surface area contributed by atoms with E-state index in [1.165, 1.54) is 0 Å². The monoisotopic (exact) mass is 316 g/mol. The molecule has 0 bridgehead atoms. The molecule has 0 fully saturated rings. The molecule has 1 rings (SSSR count). The number of carbonyl (C=O) groups is 1. The molecule has 2 atom stereocenters. The SMILES string of the molecule is CC(C)C[C@@H](CN)C(=O)N[C@H](C)c1ccc(Cl)cc1Cl. The smallest absolute Gasteiger partial charge is 0.224 e. The molecule has 1 amide bonds. The number of benzene rings is 1. The van der Waals surface area contributed by atoms with Gasteiger partial charge in [0.25, 0.3) is 0 Å². The van der Waals surface area contributed by atoms with Crippen molar-refractivity contribution in [2.24, 2.45) is 17.6 Å². The predicted octanol–water partition coefficient (Wildman–Crippen LogP) is 3.79. The van der Waals surface area contributed by atoms with Gasteiger partial charge >= 0.3 is 0 Å². The van der Waals surface area contributed by atoms with Gasteiger partial charge in [-0.25, -0.2) is 0 Å². The van der Waals surface area contributed by atoms with Crippen molar-refractivity contribution in [3.8, 4) is 0 Å². The predicted molar refractivity (Wildman–Crippen MR) is 85.0 cm³/mol. The molecule has 0 aliphatic carbocycles. The van der Waals surface area contributed by atoms with Crippen molar-refractivity contribution in [2.45, 2.75) is 33.2 Å². The Hall–Kier alpha value is -0.770. The van der Waals surface area contributed by atoms with Gasteiger partial charge in [0.1, 0.15) is 0 Å². The number of carbonyl (C=O) groups excluding carboxylic acids is 1. The Balaban J connectivity index is 2.73. The van der Waals surface area contributed by atoms with E-state index in [0.29, 0.717) is 22.5 Å². The number of nitrogens with one attached hydrogen (secondary N) is 1. The number of hydrogen-bond donors (Lipinski definition) is 2. The van der Waals surface area contributed by atoms with E-state index >= 15 is 0 Å². The van der Waals surface area contributed by atoms with Gasteiger partial charge in [-0.15, -0.1) is 0 Å². The first-order valence-electron chi connectivity index (χ1n) is 6.80. The molecule has 0 aliphatic rings. The third-order valence-electron chi connectivity index (χ3n) is 3.20. The Bertz CT molecular complexity index is 463. The summed E-state index contributed by atoms with van der Waals surface area (Å²) in [5, 5.41) is 4.10. The van der Waals surface area contributed by atoms with Crippen LogP contribution in [0.25, 0.3) is 0 Å². The van der Waals surface area contributed by atoms with Gasteiger partial charge in [0.05, 0.1) is 12.0 Å². The number of rotatable bonds is 6. The minimum Gasteiger partial charge on any atom is -0.349 e. The Morgan fingerprint density at radius 2 is 1.95 bits per heavy atom. The fraction of sp³-hybridized carbons (Fsp3) is 0.533. The molecule has 3 nitrogen and oxygen atoms in total. The molecule has 0 saturated heterocycles. The zero-order valence-electron chi connectivity index (χ0n) is 12.1. The second-order valence-corrected chi connectivity index (χ2v) is 6.30.